The van der Waals surface area contributed by atoms with Crippen molar-refractivity contribution in [3.63, 3.8) is 0 Å². The molecule has 5 nitrogen and oxygen atoms in total. The van der Waals surface area contributed by atoms with Crippen LogP contribution in [0.25, 0.3) is 0 Å². The summed E-state index contributed by atoms with van der Waals surface area (Å²) in [7, 11) is 0. The molecule has 0 fully saturated rings. The Morgan fingerprint density at radius 1 is 0.968 bits per heavy atom. The molecule has 0 saturated carbocycles. The predicted octanol–water partition coefficient (Wildman–Crippen LogP) is 6.32. The molecule has 0 bridgehead atoms. The summed E-state index contributed by atoms with van der Waals surface area (Å²) in [6, 6.07) is 15.3. The topological polar surface area (TPSA) is 73.9 Å². The molecule has 160 valence electrons. The third-order valence-corrected chi connectivity index (χ3v) is 5.58. The molecule has 0 amide bonds. The molecule has 0 spiro atoms. The van der Waals surface area contributed by atoms with Gasteiger partial charge >= 0.3 is 5.97 Å². The average Bonchev–Trinajstić information content (AvgIpc) is 2.74. The number of benzene rings is 3. The van der Waals surface area contributed by atoms with Gasteiger partial charge in [-0.3, -0.25) is 0 Å². The van der Waals surface area contributed by atoms with Gasteiger partial charge in [0, 0.05) is 15.6 Å². The van der Waals surface area contributed by atoms with E-state index in [1.54, 1.807) is 36.4 Å². The number of ether oxygens (including phenoxy) is 1. The smallest absolute Gasteiger partial charge is 0.365 e. The number of carbonyl (C=O) groups is 1. The number of carbonyl (C=O) groups excluding carboxylic acids is 1. The summed E-state index contributed by atoms with van der Waals surface area (Å²) in [5, 5.41) is 5.17. The molecule has 0 aliphatic carbocycles. The van der Waals surface area contributed by atoms with Crippen molar-refractivity contribution in [1.29, 1.82) is 0 Å². The molecular weight excluding hydrogens is 459 g/mol. The molecule has 8 heteroatoms. The number of aryl methyl sites for hydroxylation is 2. The van der Waals surface area contributed by atoms with Crippen LogP contribution in [0, 0.1) is 13.8 Å². The van der Waals surface area contributed by atoms with Gasteiger partial charge in [0.2, 0.25) is 0 Å². The van der Waals surface area contributed by atoms with Gasteiger partial charge in [0.15, 0.2) is 5.84 Å². The predicted molar refractivity (Wildman–Crippen MR) is 124 cm³/mol. The summed E-state index contributed by atoms with van der Waals surface area (Å²) in [6.07, 6.45) is 0. The van der Waals surface area contributed by atoms with E-state index in [0.717, 1.165) is 27.5 Å². The van der Waals surface area contributed by atoms with Gasteiger partial charge < -0.3 is 15.3 Å². The van der Waals surface area contributed by atoms with Gasteiger partial charge in [-0.2, -0.15) is 0 Å². The van der Waals surface area contributed by atoms with Crippen LogP contribution in [0.3, 0.4) is 0 Å². The van der Waals surface area contributed by atoms with Crippen LogP contribution in [0.4, 0.5) is 0 Å². The fourth-order valence-electron chi connectivity index (χ4n) is 2.78. The quantitative estimate of drug-likeness (QED) is 0.195. The Labute approximate surface area is 195 Å². The zero-order chi connectivity index (χ0) is 22.5. The molecular formula is C23H19Cl3N2O3. The van der Waals surface area contributed by atoms with Crippen molar-refractivity contribution in [3.8, 4) is 5.75 Å². The first-order valence-corrected chi connectivity index (χ1v) is 10.4. The molecule has 3 rings (SSSR count). The second kappa shape index (κ2) is 10.1. The maximum Gasteiger partial charge on any atom is 0.365 e. The highest BCUT2D eigenvalue weighted by Gasteiger charge is 2.11. The largest absolute Gasteiger partial charge is 0.489 e. The van der Waals surface area contributed by atoms with Crippen LogP contribution >= 0.6 is 34.8 Å². The van der Waals surface area contributed by atoms with Gasteiger partial charge in [-0.15, -0.1) is 0 Å². The van der Waals surface area contributed by atoms with E-state index in [-0.39, 0.29) is 5.84 Å². The molecule has 0 saturated heterocycles. The fourth-order valence-corrected chi connectivity index (χ4v) is 3.40. The van der Waals surface area contributed by atoms with E-state index in [4.69, 9.17) is 50.1 Å². The van der Waals surface area contributed by atoms with Crippen molar-refractivity contribution in [2.45, 2.75) is 20.5 Å². The highest BCUT2D eigenvalue weighted by Crippen LogP contribution is 2.26. The maximum absolute atomic E-state index is 12.2. The zero-order valence-electron chi connectivity index (χ0n) is 16.8. The number of hydrogen-bond donors (Lipinski definition) is 1. The van der Waals surface area contributed by atoms with Crippen molar-refractivity contribution in [2.24, 2.45) is 10.9 Å². The number of amidine groups is 1. The van der Waals surface area contributed by atoms with E-state index in [1.807, 2.05) is 26.0 Å². The van der Waals surface area contributed by atoms with Crippen LogP contribution in [0.2, 0.25) is 15.1 Å². The number of halogens is 3. The summed E-state index contributed by atoms with van der Waals surface area (Å²) in [5.41, 5.74) is 9.37. The van der Waals surface area contributed by atoms with Crippen LogP contribution in [0.5, 0.6) is 5.75 Å². The lowest BCUT2D eigenvalue weighted by Gasteiger charge is -2.10. The first-order valence-electron chi connectivity index (χ1n) is 9.23. The second-order valence-corrected chi connectivity index (χ2v) is 8.06. The minimum Gasteiger partial charge on any atom is -0.489 e. The van der Waals surface area contributed by atoms with Gasteiger partial charge in [-0.25, -0.2) is 4.79 Å². The van der Waals surface area contributed by atoms with Gasteiger partial charge in [0.25, 0.3) is 0 Å². The van der Waals surface area contributed by atoms with E-state index in [0.29, 0.717) is 27.8 Å². The number of oxime groups is 1. The fraction of sp³-hybridized carbons (Fsp3) is 0.130. The Morgan fingerprint density at radius 3 is 2.23 bits per heavy atom. The van der Waals surface area contributed by atoms with Crippen molar-refractivity contribution < 1.29 is 14.4 Å². The van der Waals surface area contributed by atoms with Crippen molar-refractivity contribution in [3.05, 3.63) is 97.5 Å². The van der Waals surface area contributed by atoms with Gasteiger partial charge in [0.05, 0.1) is 10.6 Å². The first-order chi connectivity index (χ1) is 14.7. The molecule has 0 heterocycles. The lowest BCUT2D eigenvalue weighted by Crippen LogP contribution is -2.15. The SMILES string of the molecule is Cc1cc(OCc2ccc(C(=O)O/N=C(\N)c3ccc(Cl)cc3Cl)cc2)cc(C)c1Cl. The van der Waals surface area contributed by atoms with Crippen LogP contribution in [0.1, 0.15) is 32.6 Å². The number of hydrogen-bond acceptors (Lipinski definition) is 4. The minimum atomic E-state index is -0.649. The van der Waals surface area contributed by atoms with Crippen LogP contribution in [0.15, 0.2) is 59.8 Å². The van der Waals surface area contributed by atoms with E-state index >= 15 is 0 Å². The third kappa shape index (κ3) is 5.91. The number of nitrogens with zero attached hydrogens (tertiary/aromatic N) is 1. The molecule has 31 heavy (non-hydrogen) atoms. The monoisotopic (exact) mass is 476 g/mol. The third-order valence-electron chi connectivity index (χ3n) is 4.44. The van der Waals surface area contributed by atoms with E-state index < -0.39 is 5.97 Å². The van der Waals surface area contributed by atoms with E-state index in [2.05, 4.69) is 5.16 Å². The summed E-state index contributed by atoms with van der Waals surface area (Å²) < 4.78 is 5.82. The summed E-state index contributed by atoms with van der Waals surface area (Å²) in [6.45, 7) is 4.20. The highest BCUT2D eigenvalue weighted by atomic mass is 35.5. The van der Waals surface area contributed by atoms with Crippen molar-refractivity contribution in [1.82, 2.24) is 0 Å². The van der Waals surface area contributed by atoms with Crippen LogP contribution in [-0.4, -0.2) is 11.8 Å². The van der Waals surface area contributed by atoms with Gasteiger partial charge in [-0.1, -0.05) is 52.1 Å². The summed E-state index contributed by atoms with van der Waals surface area (Å²) in [4.78, 5) is 17.2. The van der Waals surface area contributed by atoms with Crippen LogP contribution in [-0.2, 0) is 11.4 Å². The Hall–Kier alpha value is -2.73. The molecule has 3 aromatic carbocycles. The molecule has 2 N–H and O–H groups in total. The van der Waals surface area contributed by atoms with Crippen molar-refractivity contribution in [2.75, 3.05) is 0 Å². The van der Waals surface area contributed by atoms with Crippen molar-refractivity contribution >= 4 is 46.6 Å². The van der Waals surface area contributed by atoms with E-state index in [1.165, 1.54) is 6.07 Å². The zero-order valence-corrected chi connectivity index (χ0v) is 19.1. The second-order valence-electron chi connectivity index (χ2n) is 6.84. The molecule has 0 aromatic heterocycles. The molecule has 3 aromatic rings. The first kappa shape index (κ1) is 22.9. The molecule has 0 aliphatic heterocycles. The molecule has 0 unspecified atom stereocenters. The Bertz CT molecular complexity index is 1120. The van der Waals surface area contributed by atoms with Crippen LogP contribution < -0.4 is 10.5 Å². The molecule has 0 aliphatic rings. The molecule has 0 atom stereocenters. The van der Waals surface area contributed by atoms with Gasteiger partial charge in [0.1, 0.15) is 12.4 Å². The molecule has 0 radical (unpaired) electrons. The lowest BCUT2D eigenvalue weighted by atomic mass is 10.1. The number of nitrogens with two attached hydrogens (primary N) is 1. The normalized spacial score (nSPS) is 11.3. The number of rotatable bonds is 6. The lowest BCUT2D eigenvalue weighted by molar-refractivity contribution is 0.0516. The van der Waals surface area contributed by atoms with E-state index in [9.17, 15) is 4.79 Å². The summed E-state index contributed by atoms with van der Waals surface area (Å²) in [5.74, 6) is 0.0478. The standard InChI is InChI=1S/C23H19Cl3N2O3/c1-13-9-18(10-14(2)21(13)26)30-12-15-3-5-16(6-4-15)23(29)31-28-22(27)19-8-7-17(24)11-20(19)25/h3-11H,12H2,1-2H3,(H2,27,28). The maximum atomic E-state index is 12.2. The minimum absolute atomic E-state index is 0.0337. The Kier molecular flexibility index (Phi) is 7.44. The summed E-state index contributed by atoms with van der Waals surface area (Å²) >= 11 is 18.1. The van der Waals surface area contributed by atoms with Gasteiger partial charge in [-0.05, 0) is 73.0 Å². The average molecular weight is 478 g/mol. The Morgan fingerprint density at radius 2 is 1.61 bits per heavy atom. The highest BCUT2D eigenvalue weighted by molar-refractivity contribution is 6.36. The Balaban J connectivity index is 1.61.